The number of rotatable bonds is 5. The van der Waals surface area contributed by atoms with Crippen molar-refractivity contribution in [3.05, 3.63) is 28.8 Å². The first kappa shape index (κ1) is 19.2. The lowest BCUT2D eigenvalue weighted by molar-refractivity contribution is -0.126. The fourth-order valence-corrected chi connectivity index (χ4v) is 4.52. The maximum Gasteiger partial charge on any atom is 0.243 e. The standard InChI is InChI=1S/C17H25ClN2O3S/c1-4-13(3)19-17(21)14-6-5-9-20(11-14)24(22,23)15-8-7-12(2)16(18)10-15/h7-8,10,13-14H,4-6,9,11H2,1-3H3,(H,19,21)/t13-,14+/m1/s1. The van der Waals surface area contributed by atoms with E-state index < -0.39 is 10.0 Å². The van der Waals surface area contributed by atoms with E-state index in [1.54, 1.807) is 12.1 Å². The van der Waals surface area contributed by atoms with E-state index in [0.717, 1.165) is 12.0 Å². The van der Waals surface area contributed by atoms with Crippen LogP contribution in [0.5, 0.6) is 0 Å². The maximum atomic E-state index is 12.8. The molecule has 1 amide bonds. The van der Waals surface area contributed by atoms with Gasteiger partial charge in [0.05, 0.1) is 10.8 Å². The molecule has 1 aliphatic heterocycles. The highest BCUT2D eigenvalue weighted by molar-refractivity contribution is 7.89. The van der Waals surface area contributed by atoms with Crippen LogP contribution in [-0.4, -0.2) is 37.8 Å². The molecule has 0 saturated carbocycles. The third-order valence-corrected chi connectivity index (χ3v) is 6.81. The molecule has 1 aliphatic rings. The van der Waals surface area contributed by atoms with E-state index in [2.05, 4.69) is 5.32 Å². The highest BCUT2D eigenvalue weighted by Crippen LogP contribution is 2.26. The molecule has 1 aromatic carbocycles. The van der Waals surface area contributed by atoms with Gasteiger partial charge >= 0.3 is 0 Å². The Bertz CT molecular complexity index is 706. The molecule has 0 bridgehead atoms. The Labute approximate surface area is 149 Å². The molecular formula is C17H25ClN2O3S. The van der Waals surface area contributed by atoms with Crippen molar-refractivity contribution in [1.82, 2.24) is 9.62 Å². The van der Waals surface area contributed by atoms with Crippen molar-refractivity contribution in [3.63, 3.8) is 0 Å². The summed E-state index contributed by atoms with van der Waals surface area (Å²) in [5.74, 6) is -0.366. The number of halogens is 1. The van der Waals surface area contributed by atoms with E-state index in [0.29, 0.717) is 24.4 Å². The molecule has 1 aromatic rings. The Morgan fingerprint density at radius 2 is 2.17 bits per heavy atom. The lowest BCUT2D eigenvalue weighted by atomic mass is 9.98. The molecule has 1 heterocycles. The van der Waals surface area contributed by atoms with E-state index in [9.17, 15) is 13.2 Å². The molecule has 134 valence electrons. The molecule has 0 unspecified atom stereocenters. The number of benzene rings is 1. The number of aryl methyl sites for hydroxylation is 1. The van der Waals surface area contributed by atoms with Gasteiger partial charge in [0.2, 0.25) is 15.9 Å². The third-order valence-electron chi connectivity index (χ3n) is 4.54. The molecule has 0 radical (unpaired) electrons. The Kier molecular flexibility index (Phi) is 6.28. The molecule has 1 saturated heterocycles. The summed E-state index contributed by atoms with van der Waals surface area (Å²) in [7, 11) is -3.63. The number of hydrogen-bond acceptors (Lipinski definition) is 3. The average molecular weight is 373 g/mol. The molecule has 1 N–H and O–H groups in total. The van der Waals surface area contributed by atoms with Crippen molar-refractivity contribution in [2.75, 3.05) is 13.1 Å². The molecule has 7 heteroatoms. The summed E-state index contributed by atoms with van der Waals surface area (Å²) >= 11 is 6.06. The quantitative estimate of drug-likeness (QED) is 0.864. The highest BCUT2D eigenvalue weighted by Gasteiger charge is 2.33. The van der Waals surface area contributed by atoms with Gasteiger partial charge in [-0.3, -0.25) is 4.79 Å². The van der Waals surface area contributed by atoms with Crippen LogP contribution < -0.4 is 5.32 Å². The largest absolute Gasteiger partial charge is 0.353 e. The van der Waals surface area contributed by atoms with Crippen molar-refractivity contribution in [2.24, 2.45) is 5.92 Å². The predicted octanol–water partition coefficient (Wildman–Crippen LogP) is 2.96. The number of nitrogens with zero attached hydrogens (tertiary/aromatic N) is 1. The van der Waals surface area contributed by atoms with Gasteiger partial charge in [0, 0.05) is 24.2 Å². The van der Waals surface area contributed by atoms with Gasteiger partial charge in [-0.2, -0.15) is 4.31 Å². The lowest BCUT2D eigenvalue weighted by Crippen LogP contribution is -2.47. The van der Waals surface area contributed by atoms with Gasteiger partial charge in [-0.05, 0) is 50.8 Å². The molecule has 2 atom stereocenters. The smallest absolute Gasteiger partial charge is 0.243 e. The molecule has 24 heavy (non-hydrogen) atoms. The summed E-state index contributed by atoms with van der Waals surface area (Å²) in [6.07, 6.45) is 2.24. The van der Waals surface area contributed by atoms with Crippen LogP contribution >= 0.6 is 11.6 Å². The van der Waals surface area contributed by atoms with Crippen LogP contribution in [0.4, 0.5) is 0 Å². The van der Waals surface area contributed by atoms with Gasteiger partial charge in [-0.1, -0.05) is 24.6 Å². The second kappa shape index (κ2) is 7.85. The van der Waals surface area contributed by atoms with E-state index in [-0.39, 0.29) is 29.3 Å². The van der Waals surface area contributed by atoms with Gasteiger partial charge in [0.15, 0.2) is 0 Å². The van der Waals surface area contributed by atoms with Crippen molar-refractivity contribution >= 4 is 27.5 Å². The van der Waals surface area contributed by atoms with Gasteiger partial charge in [0.1, 0.15) is 0 Å². The predicted molar refractivity (Wildman–Crippen MR) is 95.6 cm³/mol. The van der Waals surface area contributed by atoms with Crippen LogP contribution in [0, 0.1) is 12.8 Å². The van der Waals surface area contributed by atoms with Crippen LogP contribution in [0.3, 0.4) is 0 Å². The van der Waals surface area contributed by atoms with E-state index in [4.69, 9.17) is 11.6 Å². The number of piperidine rings is 1. The van der Waals surface area contributed by atoms with Crippen molar-refractivity contribution < 1.29 is 13.2 Å². The SMILES string of the molecule is CC[C@@H](C)NC(=O)[C@H]1CCCN(S(=O)(=O)c2ccc(C)c(Cl)c2)C1. The van der Waals surface area contributed by atoms with Crippen molar-refractivity contribution in [3.8, 4) is 0 Å². The highest BCUT2D eigenvalue weighted by atomic mass is 35.5. The van der Waals surface area contributed by atoms with Crippen LogP contribution in [0.2, 0.25) is 5.02 Å². The second-order valence-corrected chi connectivity index (χ2v) is 8.78. The van der Waals surface area contributed by atoms with Crippen molar-refractivity contribution in [1.29, 1.82) is 0 Å². The molecule has 0 aromatic heterocycles. The Morgan fingerprint density at radius 1 is 1.46 bits per heavy atom. The van der Waals surface area contributed by atoms with Crippen LogP contribution in [0.1, 0.15) is 38.7 Å². The molecular weight excluding hydrogens is 348 g/mol. The first-order valence-electron chi connectivity index (χ1n) is 8.32. The molecule has 5 nitrogen and oxygen atoms in total. The van der Waals surface area contributed by atoms with Crippen LogP contribution in [-0.2, 0) is 14.8 Å². The summed E-state index contributed by atoms with van der Waals surface area (Å²) in [6.45, 7) is 6.43. The number of amides is 1. The Balaban J connectivity index is 2.15. The van der Waals surface area contributed by atoms with Gasteiger partial charge in [0.25, 0.3) is 0 Å². The summed E-state index contributed by atoms with van der Waals surface area (Å²) in [5, 5.41) is 3.38. The van der Waals surface area contributed by atoms with Gasteiger partial charge in [-0.25, -0.2) is 8.42 Å². The Hall–Kier alpha value is -1.11. The lowest BCUT2D eigenvalue weighted by Gasteiger charge is -2.31. The first-order chi connectivity index (χ1) is 11.3. The van der Waals surface area contributed by atoms with E-state index in [1.165, 1.54) is 10.4 Å². The van der Waals surface area contributed by atoms with Crippen LogP contribution in [0.25, 0.3) is 0 Å². The minimum Gasteiger partial charge on any atom is -0.353 e. The fourth-order valence-electron chi connectivity index (χ4n) is 2.72. The van der Waals surface area contributed by atoms with Crippen molar-refractivity contribution in [2.45, 2.75) is 51.0 Å². The summed E-state index contributed by atoms with van der Waals surface area (Å²) in [5.41, 5.74) is 0.833. The average Bonchev–Trinajstić information content (AvgIpc) is 2.57. The number of carbonyl (C=O) groups is 1. The summed E-state index contributed by atoms with van der Waals surface area (Å²) in [6, 6.07) is 4.85. The first-order valence-corrected chi connectivity index (χ1v) is 10.1. The number of nitrogens with one attached hydrogen (secondary N) is 1. The number of sulfonamides is 1. The zero-order valence-electron chi connectivity index (χ0n) is 14.4. The molecule has 0 spiro atoms. The molecule has 2 rings (SSSR count). The normalized spacial score (nSPS) is 20.6. The monoisotopic (exact) mass is 372 g/mol. The van der Waals surface area contributed by atoms with Gasteiger partial charge in [-0.15, -0.1) is 0 Å². The summed E-state index contributed by atoms with van der Waals surface area (Å²) in [4.78, 5) is 12.5. The zero-order chi connectivity index (χ0) is 17.9. The Morgan fingerprint density at radius 3 is 2.79 bits per heavy atom. The third kappa shape index (κ3) is 4.29. The van der Waals surface area contributed by atoms with E-state index >= 15 is 0 Å². The fraction of sp³-hybridized carbons (Fsp3) is 0.588. The topological polar surface area (TPSA) is 66.5 Å². The zero-order valence-corrected chi connectivity index (χ0v) is 16.0. The number of hydrogen-bond donors (Lipinski definition) is 1. The maximum absolute atomic E-state index is 12.8. The minimum atomic E-state index is -3.63. The van der Waals surface area contributed by atoms with E-state index in [1.807, 2.05) is 20.8 Å². The molecule has 1 fully saturated rings. The minimum absolute atomic E-state index is 0.0637. The summed E-state index contributed by atoms with van der Waals surface area (Å²) < 4.78 is 27.1. The molecule has 0 aliphatic carbocycles. The van der Waals surface area contributed by atoms with Crippen LogP contribution in [0.15, 0.2) is 23.1 Å². The number of carbonyl (C=O) groups excluding carboxylic acids is 1. The van der Waals surface area contributed by atoms with Gasteiger partial charge < -0.3 is 5.32 Å². The second-order valence-electron chi connectivity index (χ2n) is 6.43.